The first-order valence-electron chi connectivity index (χ1n) is 19.8. The summed E-state index contributed by atoms with van der Waals surface area (Å²) in [6.45, 7) is 0. The van der Waals surface area contributed by atoms with Crippen LogP contribution in [0.4, 0.5) is 0 Å². The molecule has 0 amide bonds. The molecule has 4 fully saturated rings. The zero-order chi connectivity index (χ0) is 35.4. The van der Waals surface area contributed by atoms with Crippen molar-refractivity contribution in [3.63, 3.8) is 0 Å². The van der Waals surface area contributed by atoms with Crippen LogP contribution in [0.15, 0.2) is 152 Å². The van der Waals surface area contributed by atoms with Crippen LogP contribution in [0.1, 0.15) is 43.2 Å². The van der Waals surface area contributed by atoms with Gasteiger partial charge in [-0.2, -0.15) is 0 Å². The zero-order valence-corrected chi connectivity index (χ0v) is 30.1. The highest BCUT2D eigenvalue weighted by Crippen LogP contribution is 2.70. The van der Waals surface area contributed by atoms with Gasteiger partial charge in [-0.05, 0) is 123 Å². The Bertz CT molecular complexity index is 2740. The molecule has 54 heavy (non-hydrogen) atoms. The first kappa shape index (κ1) is 30.5. The SMILES string of the molecule is c1ccc(-c2ccc(-c3nc(-c4ccccc4)nc(-c4cccc5cc6c(cc45)C4(c5c-6ccc6ccccc56)C5CC6CC(C5)CC4C6)n3)cc2)cc1. The van der Waals surface area contributed by atoms with E-state index in [4.69, 9.17) is 15.0 Å². The molecule has 8 aromatic rings. The molecule has 13 rings (SSSR count). The van der Waals surface area contributed by atoms with Crippen LogP contribution in [-0.4, -0.2) is 15.0 Å². The van der Waals surface area contributed by atoms with Crippen LogP contribution in [0.3, 0.4) is 0 Å². The van der Waals surface area contributed by atoms with Crippen LogP contribution in [0.2, 0.25) is 0 Å². The van der Waals surface area contributed by atoms with Gasteiger partial charge in [-0.3, -0.25) is 0 Å². The summed E-state index contributed by atoms with van der Waals surface area (Å²) in [6, 6.07) is 55.2. The third kappa shape index (κ3) is 4.39. The summed E-state index contributed by atoms with van der Waals surface area (Å²) >= 11 is 0. The molecule has 0 radical (unpaired) electrons. The minimum atomic E-state index is 0.0419. The van der Waals surface area contributed by atoms with Crippen molar-refractivity contribution in [3.8, 4) is 56.4 Å². The average molecular weight is 694 g/mol. The molecule has 3 nitrogen and oxygen atoms in total. The summed E-state index contributed by atoms with van der Waals surface area (Å²) in [5.74, 6) is 5.23. The van der Waals surface area contributed by atoms with Gasteiger partial charge in [0.05, 0.1) is 0 Å². The summed E-state index contributed by atoms with van der Waals surface area (Å²) in [4.78, 5) is 15.6. The van der Waals surface area contributed by atoms with Crippen molar-refractivity contribution in [2.45, 2.75) is 37.5 Å². The van der Waals surface area contributed by atoms with E-state index in [1.807, 2.05) is 6.07 Å². The maximum atomic E-state index is 5.28. The minimum Gasteiger partial charge on any atom is -0.208 e. The van der Waals surface area contributed by atoms with E-state index in [1.165, 1.54) is 75.9 Å². The highest BCUT2D eigenvalue weighted by atomic mass is 15.0. The first-order chi connectivity index (χ1) is 26.7. The van der Waals surface area contributed by atoms with Crippen molar-refractivity contribution in [1.29, 1.82) is 0 Å². The number of hydrogen-bond donors (Lipinski definition) is 0. The monoisotopic (exact) mass is 693 g/mol. The third-order valence-electron chi connectivity index (χ3n) is 13.7. The Morgan fingerprint density at radius 2 is 0.963 bits per heavy atom. The van der Waals surface area contributed by atoms with Crippen molar-refractivity contribution in [2.24, 2.45) is 23.7 Å². The summed E-state index contributed by atoms with van der Waals surface area (Å²) < 4.78 is 0. The van der Waals surface area contributed by atoms with Gasteiger partial charge in [0, 0.05) is 22.1 Å². The molecular weight excluding hydrogens is 655 g/mol. The number of hydrogen-bond acceptors (Lipinski definition) is 3. The first-order valence-corrected chi connectivity index (χ1v) is 19.8. The molecule has 258 valence electrons. The van der Waals surface area contributed by atoms with Gasteiger partial charge in [0.15, 0.2) is 17.5 Å². The number of fused-ring (bicyclic) bond motifs is 6. The van der Waals surface area contributed by atoms with Crippen molar-refractivity contribution in [2.75, 3.05) is 0 Å². The molecule has 4 bridgehead atoms. The lowest BCUT2D eigenvalue weighted by Crippen LogP contribution is -2.55. The summed E-state index contributed by atoms with van der Waals surface area (Å²) in [5, 5.41) is 5.29. The summed E-state index contributed by atoms with van der Waals surface area (Å²) in [6.07, 6.45) is 6.87. The van der Waals surface area contributed by atoms with Crippen molar-refractivity contribution >= 4 is 21.5 Å². The summed E-state index contributed by atoms with van der Waals surface area (Å²) in [5.41, 5.74) is 11.5. The predicted molar refractivity (Wildman–Crippen MR) is 220 cm³/mol. The molecular formula is C51H39N3. The van der Waals surface area contributed by atoms with E-state index in [2.05, 4.69) is 146 Å². The van der Waals surface area contributed by atoms with Crippen LogP contribution >= 0.6 is 0 Å². The Morgan fingerprint density at radius 3 is 1.69 bits per heavy atom. The lowest BCUT2D eigenvalue weighted by Gasteiger charge is -2.61. The molecule has 0 unspecified atom stereocenters. The third-order valence-corrected chi connectivity index (χ3v) is 13.7. The van der Waals surface area contributed by atoms with E-state index in [0.717, 1.165) is 34.4 Å². The molecule has 1 aromatic heterocycles. The smallest absolute Gasteiger partial charge is 0.164 e. The second-order valence-electron chi connectivity index (χ2n) is 16.4. The molecule has 7 aromatic carbocycles. The van der Waals surface area contributed by atoms with E-state index in [9.17, 15) is 0 Å². The van der Waals surface area contributed by atoms with E-state index >= 15 is 0 Å². The summed E-state index contributed by atoms with van der Waals surface area (Å²) in [7, 11) is 0. The fourth-order valence-corrected chi connectivity index (χ4v) is 11.7. The average Bonchev–Trinajstić information content (AvgIpc) is 3.52. The van der Waals surface area contributed by atoms with Crippen LogP contribution in [0, 0.1) is 23.7 Å². The van der Waals surface area contributed by atoms with Gasteiger partial charge in [-0.25, -0.2) is 15.0 Å². The van der Waals surface area contributed by atoms with E-state index in [-0.39, 0.29) is 5.41 Å². The maximum Gasteiger partial charge on any atom is 0.164 e. The Labute approximate surface area is 315 Å². The molecule has 1 spiro atoms. The molecule has 0 saturated heterocycles. The highest BCUT2D eigenvalue weighted by Gasteiger charge is 2.62. The van der Waals surface area contributed by atoms with Gasteiger partial charge in [0.2, 0.25) is 0 Å². The molecule has 0 atom stereocenters. The second-order valence-corrected chi connectivity index (χ2v) is 16.4. The van der Waals surface area contributed by atoms with Crippen LogP contribution in [-0.2, 0) is 5.41 Å². The second kappa shape index (κ2) is 11.5. The molecule has 5 aliphatic carbocycles. The number of benzene rings is 7. The quantitative estimate of drug-likeness (QED) is 0.184. The van der Waals surface area contributed by atoms with Crippen molar-refractivity contribution < 1.29 is 0 Å². The Balaban J connectivity index is 1.07. The van der Waals surface area contributed by atoms with Gasteiger partial charge in [-0.1, -0.05) is 140 Å². The van der Waals surface area contributed by atoms with Gasteiger partial charge in [0.25, 0.3) is 0 Å². The molecule has 3 heteroatoms. The van der Waals surface area contributed by atoms with Gasteiger partial charge >= 0.3 is 0 Å². The van der Waals surface area contributed by atoms with Crippen LogP contribution in [0.5, 0.6) is 0 Å². The van der Waals surface area contributed by atoms with Crippen molar-refractivity contribution in [3.05, 3.63) is 163 Å². The fourth-order valence-electron chi connectivity index (χ4n) is 11.7. The standard InChI is InChI=1S/C51H39N3/c1-3-10-33(11-4-1)34-18-20-37(21-19-34)49-52-48(36-13-5-2-6-14-36)53-50(54-49)43-17-9-15-38-29-45-42-23-22-35-12-7-8-16-41(35)47(42)51(46(45)30-44(38)43)39-25-31-24-32(27-39)28-40(51)26-31/h1-23,29-32,39-40H,24-28H2. The highest BCUT2D eigenvalue weighted by molar-refractivity contribution is 6.04. The number of nitrogens with zero attached hydrogens (tertiary/aromatic N) is 3. The van der Waals surface area contributed by atoms with Crippen LogP contribution in [0.25, 0.3) is 78.0 Å². The molecule has 0 aliphatic heterocycles. The van der Waals surface area contributed by atoms with Gasteiger partial charge < -0.3 is 0 Å². The molecule has 1 heterocycles. The molecule has 0 N–H and O–H groups in total. The van der Waals surface area contributed by atoms with Gasteiger partial charge in [-0.15, -0.1) is 0 Å². The Kier molecular flexibility index (Phi) is 6.52. The van der Waals surface area contributed by atoms with Gasteiger partial charge in [0.1, 0.15) is 0 Å². The Morgan fingerprint density at radius 1 is 0.389 bits per heavy atom. The lowest BCUT2D eigenvalue weighted by molar-refractivity contribution is -0.0393. The Hall–Kier alpha value is -5.93. The van der Waals surface area contributed by atoms with E-state index < -0.39 is 0 Å². The van der Waals surface area contributed by atoms with Crippen LogP contribution < -0.4 is 0 Å². The largest absolute Gasteiger partial charge is 0.208 e. The molecule has 5 aliphatic rings. The fraction of sp³-hybridized carbons (Fsp3) is 0.196. The predicted octanol–water partition coefficient (Wildman–Crippen LogP) is 12.6. The zero-order valence-electron chi connectivity index (χ0n) is 30.1. The number of rotatable bonds is 4. The van der Waals surface area contributed by atoms with E-state index in [1.54, 1.807) is 11.1 Å². The maximum absolute atomic E-state index is 5.28. The lowest BCUT2D eigenvalue weighted by atomic mass is 9.43. The number of aromatic nitrogens is 3. The minimum absolute atomic E-state index is 0.0419. The topological polar surface area (TPSA) is 38.7 Å². The normalized spacial score (nSPS) is 23.3. The molecule has 4 saturated carbocycles. The van der Waals surface area contributed by atoms with Crippen molar-refractivity contribution in [1.82, 2.24) is 15.0 Å². The van der Waals surface area contributed by atoms with E-state index in [0.29, 0.717) is 23.5 Å².